The summed E-state index contributed by atoms with van der Waals surface area (Å²) in [6.45, 7) is 4.93. The van der Waals surface area contributed by atoms with E-state index in [0.717, 1.165) is 57.8 Å². The number of allylic oxidation sites excluding steroid dienone is 2. The number of esters is 1. The maximum absolute atomic E-state index is 12.4. The first-order chi connectivity index (χ1) is 28.5. The molecule has 0 radical (unpaired) electrons. The van der Waals surface area contributed by atoms with Crippen LogP contribution >= 0.6 is 0 Å². The Morgan fingerprint density at radius 1 is 0.466 bits per heavy atom. The Kier molecular flexibility index (Phi) is 47.1. The van der Waals surface area contributed by atoms with E-state index in [0.29, 0.717) is 25.9 Å². The van der Waals surface area contributed by atoms with E-state index in [1.165, 1.54) is 193 Å². The largest absolute Gasteiger partial charge is 0.466 e. The molecule has 0 aliphatic carbocycles. The van der Waals surface area contributed by atoms with Crippen LogP contribution in [0.15, 0.2) is 12.2 Å². The lowest BCUT2D eigenvalue weighted by Crippen LogP contribution is -2.45. The maximum Gasteiger partial charge on any atom is 0.305 e. The predicted molar refractivity (Wildman–Crippen MR) is 250 cm³/mol. The van der Waals surface area contributed by atoms with Crippen LogP contribution < -0.4 is 5.32 Å². The second-order valence-electron chi connectivity index (χ2n) is 17.9. The van der Waals surface area contributed by atoms with Crippen LogP contribution in [-0.4, -0.2) is 47.4 Å². The molecular weight excluding hydrogens is 719 g/mol. The highest BCUT2D eigenvalue weighted by Crippen LogP contribution is 2.16. The van der Waals surface area contributed by atoms with Gasteiger partial charge in [0, 0.05) is 12.8 Å². The molecule has 0 bridgehead atoms. The second-order valence-corrected chi connectivity index (χ2v) is 17.9. The van der Waals surface area contributed by atoms with Crippen molar-refractivity contribution in [2.45, 2.75) is 296 Å². The molecular formula is C52H101NO5. The van der Waals surface area contributed by atoms with Gasteiger partial charge in [0.25, 0.3) is 0 Å². The topological polar surface area (TPSA) is 95.9 Å². The Morgan fingerprint density at radius 2 is 0.810 bits per heavy atom. The van der Waals surface area contributed by atoms with Gasteiger partial charge in [-0.3, -0.25) is 9.59 Å². The number of amides is 1. The lowest BCUT2D eigenvalue weighted by atomic mass is 10.0. The van der Waals surface area contributed by atoms with E-state index in [-0.39, 0.29) is 18.5 Å². The fraction of sp³-hybridized carbons (Fsp3) is 0.923. The third-order valence-corrected chi connectivity index (χ3v) is 12.1. The third-order valence-electron chi connectivity index (χ3n) is 12.1. The SMILES string of the molecule is CCCCCCCCCCCCCCCC(=O)OCCCCCCCCCCC/C=C\CCCCCCCC(=O)NC(CO)C(O)CCCCCCCCCCCC. The Balaban J connectivity index is 3.42. The highest BCUT2D eigenvalue weighted by molar-refractivity contribution is 5.76. The lowest BCUT2D eigenvalue weighted by Gasteiger charge is -2.22. The smallest absolute Gasteiger partial charge is 0.305 e. The molecule has 0 fully saturated rings. The number of hydrogen-bond donors (Lipinski definition) is 3. The summed E-state index contributed by atoms with van der Waals surface area (Å²) in [6.07, 6.45) is 54.7. The number of aliphatic hydroxyl groups is 2. The van der Waals surface area contributed by atoms with E-state index in [1.54, 1.807) is 0 Å². The van der Waals surface area contributed by atoms with Crippen LogP contribution in [0, 0.1) is 0 Å². The zero-order valence-electron chi connectivity index (χ0n) is 39.0. The van der Waals surface area contributed by atoms with Crippen LogP contribution in [0.25, 0.3) is 0 Å². The van der Waals surface area contributed by atoms with E-state index >= 15 is 0 Å². The van der Waals surface area contributed by atoms with Gasteiger partial charge in [-0.1, -0.05) is 231 Å². The van der Waals surface area contributed by atoms with Crippen LogP contribution in [-0.2, 0) is 14.3 Å². The quantitative estimate of drug-likeness (QED) is 0.0323. The van der Waals surface area contributed by atoms with Crippen LogP contribution in [0.5, 0.6) is 0 Å². The number of rotatable bonds is 48. The summed E-state index contributed by atoms with van der Waals surface area (Å²) in [5.41, 5.74) is 0. The van der Waals surface area contributed by atoms with Crippen molar-refractivity contribution in [1.82, 2.24) is 5.32 Å². The first-order valence-corrected chi connectivity index (χ1v) is 25.9. The molecule has 2 atom stereocenters. The average molecular weight is 820 g/mol. The first-order valence-electron chi connectivity index (χ1n) is 25.9. The van der Waals surface area contributed by atoms with Crippen molar-refractivity contribution in [3.05, 3.63) is 12.2 Å². The van der Waals surface area contributed by atoms with E-state index in [9.17, 15) is 19.8 Å². The number of unbranched alkanes of at least 4 members (excludes halogenated alkanes) is 35. The zero-order valence-corrected chi connectivity index (χ0v) is 39.0. The minimum atomic E-state index is -0.670. The number of carbonyl (C=O) groups is 2. The van der Waals surface area contributed by atoms with Crippen molar-refractivity contribution < 1.29 is 24.5 Å². The number of aliphatic hydroxyl groups excluding tert-OH is 2. The molecule has 0 aromatic rings. The molecule has 0 aliphatic heterocycles. The van der Waals surface area contributed by atoms with Crippen molar-refractivity contribution in [1.29, 1.82) is 0 Å². The molecule has 344 valence electrons. The summed E-state index contributed by atoms with van der Waals surface area (Å²) in [5.74, 6) is -0.0462. The van der Waals surface area contributed by atoms with Crippen LogP contribution in [0.3, 0.4) is 0 Å². The number of ether oxygens (including phenoxy) is 1. The Morgan fingerprint density at radius 3 is 1.22 bits per heavy atom. The zero-order chi connectivity index (χ0) is 42.3. The van der Waals surface area contributed by atoms with Crippen molar-refractivity contribution in [3.63, 3.8) is 0 Å². The van der Waals surface area contributed by atoms with Gasteiger partial charge in [-0.2, -0.15) is 0 Å². The Labute approximate surface area is 361 Å². The van der Waals surface area contributed by atoms with Gasteiger partial charge >= 0.3 is 5.97 Å². The summed E-state index contributed by atoms with van der Waals surface area (Å²) in [6, 6.07) is -0.548. The highest BCUT2D eigenvalue weighted by atomic mass is 16.5. The molecule has 0 saturated carbocycles. The molecule has 0 heterocycles. The maximum atomic E-state index is 12.4. The van der Waals surface area contributed by atoms with Crippen molar-refractivity contribution in [2.75, 3.05) is 13.2 Å². The van der Waals surface area contributed by atoms with Crippen LogP contribution in [0.1, 0.15) is 284 Å². The molecule has 58 heavy (non-hydrogen) atoms. The molecule has 0 aliphatic rings. The van der Waals surface area contributed by atoms with E-state index in [4.69, 9.17) is 4.74 Å². The normalized spacial score (nSPS) is 12.7. The number of nitrogens with one attached hydrogen (secondary N) is 1. The van der Waals surface area contributed by atoms with Crippen molar-refractivity contribution in [2.24, 2.45) is 0 Å². The number of carbonyl (C=O) groups excluding carboxylic acids is 2. The van der Waals surface area contributed by atoms with Gasteiger partial charge in [-0.05, 0) is 51.4 Å². The fourth-order valence-corrected chi connectivity index (χ4v) is 8.05. The molecule has 0 spiro atoms. The van der Waals surface area contributed by atoms with Crippen molar-refractivity contribution in [3.8, 4) is 0 Å². The van der Waals surface area contributed by atoms with Gasteiger partial charge in [0.2, 0.25) is 5.91 Å². The Bertz CT molecular complexity index is 863. The van der Waals surface area contributed by atoms with Gasteiger partial charge < -0.3 is 20.3 Å². The average Bonchev–Trinajstić information content (AvgIpc) is 3.22. The summed E-state index contributed by atoms with van der Waals surface area (Å²) in [4.78, 5) is 24.4. The molecule has 1 amide bonds. The van der Waals surface area contributed by atoms with Crippen LogP contribution in [0.4, 0.5) is 0 Å². The second kappa shape index (κ2) is 48.3. The molecule has 0 saturated heterocycles. The summed E-state index contributed by atoms with van der Waals surface area (Å²) >= 11 is 0. The van der Waals surface area contributed by atoms with E-state index in [1.807, 2.05) is 0 Å². The molecule has 2 unspecified atom stereocenters. The van der Waals surface area contributed by atoms with Gasteiger partial charge in [0.15, 0.2) is 0 Å². The first kappa shape index (κ1) is 56.6. The van der Waals surface area contributed by atoms with Gasteiger partial charge in [-0.15, -0.1) is 0 Å². The Hall–Kier alpha value is -1.40. The lowest BCUT2D eigenvalue weighted by molar-refractivity contribution is -0.143. The van der Waals surface area contributed by atoms with Crippen LogP contribution in [0.2, 0.25) is 0 Å². The predicted octanol–water partition coefficient (Wildman–Crippen LogP) is 15.3. The minimum absolute atomic E-state index is 0.00437. The number of hydrogen-bond acceptors (Lipinski definition) is 5. The summed E-state index contributed by atoms with van der Waals surface area (Å²) < 4.78 is 5.46. The highest BCUT2D eigenvalue weighted by Gasteiger charge is 2.20. The molecule has 0 aromatic carbocycles. The molecule has 0 rings (SSSR count). The fourth-order valence-electron chi connectivity index (χ4n) is 8.05. The molecule has 3 N–H and O–H groups in total. The van der Waals surface area contributed by atoms with Gasteiger partial charge in [-0.25, -0.2) is 0 Å². The van der Waals surface area contributed by atoms with Crippen molar-refractivity contribution >= 4 is 11.9 Å². The van der Waals surface area contributed by atoms with E-state index in [2.05, 4.69) is 31.3 Å². The van der Waals surface area contributed by atoms with E-state index < -0.39 is 12.1 Å². The monoisotopic (exact) mass is 820 g/mol. The molecule has 6 nitrogen and oxygen atoms in total. The molecule has 0 aromatic heterocycles. The summed E-state index contributed by atoms with van der Waals surface area (Å²) in [5, 5.41) is 23.1. The summed E-state index contributed by atoms with van der Waals surface area (Å²) in [7, 11) is 0. The minimum Gasteiger partial charge on any atom is -0.466 e. The van der Waals surface area contributed by atoms with Gasteiger partial charge in [0.05, 0.1) is 25.4 Å². The van der Waals surface area contributed by atoms with Gasteiger partial charge in [0.1, 0.15) is 0 Å². The molecule has 6 heteroatoms. The standard InChI is InChI=1S/C52H101NO5/c1-3-5-7-9-11-13-15-22-26-30-34-38-42-46-52(57)58-47-43-39-35-31-27-24-21-19-17-16-18-20-23-25-29-33-37-41-45-51(56)53-49(48-54)50(55)44-40-36-32-28-14-12-10-8-6-4-2/h18,20,49-50,54-55H,3-17,19,21-48H2,1-2H3,(H,53,56)/b20-18-. The third kappa shape index (κ3) is 44.2.